The molecule has 322 valence electrons. The van der Waals surface area contributed by atoms with E-state index in [0.29, 0.717) is 24.2 Å². The molecule has 4 aromatic carbocycles. The lowest BCUT2D eigenvalue weighted by Gasteiger charge is -2.16. The van der Waals surface area contributed by atoms with E-state index in [9.17, 15) is 9.59 Å². The van der Waals surface area contributed by atoms with E-state index < -0.39 is 0 Å². The van der Waals surface area contributed by atoms with Crippen LogP contribution in [0.2, 0.25) is 0 Å². The molecule has 8 nitrogen and oxygen atoms in total. The Bertz CT molecular complexity index is 2430. The summed E-state index contributed by atoms with van der Waals surface area (Å²) in [6, 6.07) is 38.2. The predicted octanol–water partition coefficient (Wildman–Crippen LogP) is 2.53. The van der Waals surface area contributed by atoms with E-state index in [1.165, 1.54) is 45.0 Å². The number of hydrogen-bond acceptors (Lipinski definition) is 6. The van der Waals surface area contributed by atoms with E-state index in [0.717, 1.165) is 34.0 Å². The van der Waals surface area contributed by atoms with Crippen LogP contribution in [0.15, 0.2) is 122 Å². The summed E-state index contributed by atoms with van der Waals surface area (Å²) in [6.45, 7) is 10.0. The van der Waals surface area contributed by atoms with Gasteiger partial charge in [-0.1, -0.05) is 45.9 Å². The molecule has 62 heavy (non-hydrogen) atoms. The van der Waals surface area contributed by atoms with Gasteiger partial charge in [-0.05, 0) is 98.5 Å². The molecule has 0 atom stereocenters. The van der Waals surface area contributed by atoms with Crippen molar-refractivity contribution in [3.8, 4) is 33.6 Å². The van der Waals surface area contributed by atoms with Gasteiger partial charge in [0.15, 0.2) is 23.8 Å². The number of nitrogens with zero attached hydrogens (tertiary/aromatic N) is 4. The third-order valence-electron chi connectivity index (χ3n) is 12.0. The van der Waals surface area contributed by atoms with Crippen LogP contribution in [0, 0.1) is 0 Å². The molecular formula is C50H54Cl2N6O2S2. The van der Waals surface area contributed by atoms with Crippen molar-refractivity contribution in [2.75, 3.05) is 62.6 Å². The van der Waals surface area contributed by atoms with E-state index in [-0.39, 0.29) is 47.5 Å². The number of aromatic nitrogens is 2. The average Bonchev–Trinajstić information content (AvgIpc) is 3.62. The number of anilines is 2. The fourth-order valence-corrected chi connectivity index (χ4v) is 10.2. The molecular weight excluding hydrogens is 852 g/mol. The van der Waals surface area contributed by atoms with Crippen LogP contribution in [-0.2, 0) is 10.8 Å². The molecule has 6 aromatic rings. The normalized spacial score (nSPS) is 13.4. The molecule has 2 aliphatic rings. The van der Waals surface area contributed by atoms with Gasteiger partial charge in [-0.2, -0.15) is 9.13 Å². The summed E-state index contributed by atoms with van der Waals surface area (Å²) < 4.78 is 4.50. The van der Waals surface area contributed by atoms with Gasteiger partial charge in [-0.3, -0.25) is 9.59 Å². The first-order valence-corrected chi connectivity index (χ1v) is 23.0. The summed E-state index contributed by atoms with van der Waals surface area (Å²) in [5.41, 5.74) is 14.8. The van der Waals surface area contributed by atoms with Crippen LogP contribution < -0.4 is 54.4 Å². The van der Waals surface area contributed by atoms with Gasteiger partial charge < -0.3 is 45.2 Å². The second-order valence-corrected chi connectivity index (χ2v) is 19.8. The van der Waals surface area contributed by atoms with Crippen LogP contribution in [0.5, 0.6) is 0 Å². The number of pyridine rings is 2. The number of carbonyl (C=O) groups is 2. The largest absolute Gasteiger partial charge is 1.00 e. The van der Waals surface area contributed by atoms with Crippen molar-refractivity contribution in [2.45, 2.75) is 38.5 Å². The zero-order valence-electron chi connectivity index (χ0n) is 36.6. The Balaban J connectivity index is 0.00000321. The Hall–Kier alpha value is -5.00. The number of halogens is 2. The molecule has 0 radical (unpaired) electrons. The van der Waals surface area contributed by atoms with Crippen molar-refractivity contribution in [3.05, 3.63) is 155 Å². The predicted molar refractivity (Wildman–Crippen MR) is 249 cm³/mol. The molecule has 2 N–H and O–H groups in total. The van der Waals surface area contributed by atoms with E-state index >= 15 is 0 Å². The molecule has 0 unspecified atom stereocenters. The fourth-order valence-electron chi connectivity index (χ4n) is 8.43. The molecule has 0 aliphatic carbocycles. The number of amides is 2. The molecule has 0 saturated heterocycles. The van der Waals surface area contributed by atoms with Gasteiger partial charge in [0, 0.05) is 123 Å². The Morgan fingerprint density at radius 1 is 0.516 bits per heavy atom. The number of nitrogens with one attached hydrogen (secondary N) is 2. The summed E-state index contributed by atoms with van der Waals surface area (Å²) >= 11 is 0. The van der Waals surface area contributed by atoms with Crippen LogP contribution in [0.3, 0.4) is 0 Å². The summed E-state index contributed by atoms with van der Waals surface area (Å²) in [7, 11) is 11.6. The molecule has 0 fully saturated rings. The number of fused-ring (bicyclic) bond motifs is 6. The Morgan fingerprint density at radius 3 is 1.24 bits per heavy atom. The fraction of sp³-hybridized carbons (Fsp3) is 0.280. The van der Waals surface area contributed by atoms with Gasteiger partial charge in [0.1, 0.15) is 0 Å². The third-order valence-corrected chi connectivity index (χ3v) is 14.4. The van der Waals surface area contributed by atoms with Gasteiger partial charge >= 0.3 is 0 Å². The summed E-state index contributed by atoms with van der Waals surface area (Å²) in [6.07, 6.45) is 4.29. The van der Waals surface area contributed by atoms with Crippen LogP contribution in [0.4, 0.5) is 11.4 Å². The SMILES string of the molecule is CN(C)c1ccc(-c2cc[n+]3c(c2)C(C)(C)c2cc(C(=O)NCCSSCCNC(=O)c4ccc5c(c4)C(C)(C)c4cc(-c6ccc(N(C)C)cc6)cc[n+]4-5)ccc2-3)cc1.[Cl-].[Cl-]. The second kappa shape index (κ2) is 18.8. The maximum absolute atomic E-state index is 13.3. The Morgan fingerprint density at radius 2 is 0.887 bits per heavy atom. The first-order valence-electron chi connectivity index (χ1n) is 20.5. The van der Waals surface area contributed by atoms with E-state index in [1.54, 1.807) is 21.6 Å². The number of rotatable bonds is 13. The third kappa shape index (κ3) is 8.93. The lowest BCUT2D eigenvalue weighted by atomic mass is 9.82. The van der Waals surface area contributed by atoms with Gasteiger partial charge in [0.25, 0.3) is 11.8 Å². The molecule has 2 aliphatic heterocycles. The van der Waals surface area contributed by atoms with Crippen molar-refractivity contribution >= 4 is 44.8 Å². The molecule has 4 heterocycles. The van der Waals surface area contributed by atoms with Gasteiger partial charge in [0.2, 0.25) is 11.4 Å². The van der Waals surface area contributed by atoms with E-state index in [1.807, 2.05) is 12.1 Å². The number of hydrogen-bond donors (Lipinski definition) is 2. The molecule has 2 aromatic heterocycles. The van der Waals surface area contributed by atoms with Crippen molar-refractivity contribution in [1.82, 2.24) is 10.6 Å². The topological polar surface area (TPSA) is 72.4 Å². The lowest BCUT2D eigenvalue weighted by Crippen LogP contribution is -3.00. The highest BCUT2D eigenvalue weighted by molar-refractivity contribution is 8.76. The van der Waals surface area contributed by atoms with Crippen LogP contribution >= 0.6 is 21.6 Å². The van der Waals surface area contributed by atoms with E-state index in [2.05, 4.69) is 195 Å². The minimum atomic E-state index is -0.264. The van der Waals surface area contributed by atoms with Gasteiger partial charge in [0.05, 0.1) is 10.8 Å². The molecule has 2 amide bonds. The molecule has 12 heteroatoms. The van der Waals surface area contributed by atoms with Gasteiger partial charge in [-0.15, -0.1) is 0 Å². The standard InChI is InChI=1S/C50H52N6O2S2.2ClH/c1-49(2)41-29-37(13-19-43(41)55-25-21-35(31-45(49)55)33-9-15-39(16-10-33)53(5)6)47(57)51-23-27-59-60-28-24-52-48(58)38-14-20-44-42(30-38)50(3,4)46-32-36(22-26-56(44)46)34-11-17-40(18-12-34)54(7)8;;/h9-22,25-26,29-32H,23-24,27-28H2,1-8H3;2*1H. The summed E-state index contributed by atoms with van der Waals surface area (Å²) in [5, 5.41) is 6.21. The minimum absolute atomic E-state index is 0. The highest BCUT2D eigenvalue weighted by Crippen LogP contribution is 2.41. The summed E-state index contributed by atoms with van der Waals surface area (Å²) in [5.74, 6) is 1.40. The number of carbonyl (C=O) groups excluding carboxylic acids is 2. The zero-order chi connectivity index (χ0) is 42.3. The van der Waals surface area contributed by atoms with E-state index in [4.69, 9.17) is 0 Å². The molecule has 0 bridgehead atoms. The molecule has 0 spiro atoms. The Labute approximate surface area is 386 Å². The van der Waals surface area contributed by atoms with Crippen LogP contribution in [-0.4, -0.2) is 64.6 Å². The van der Waals surface area contributed by atoms with Gasteiger partial charge in [-0.25, -0.2) is 0 Å². The average molecular weight is 906 g/mol. The highest BCUT2D eigenvalue weighted by Gasteiger charge is 2.45. The molecule has 8 rings (SSSR count). The van der Waals surface area contributed by atoms with Crippen molar-refractivity contribution in [2.24, 2.45) is 0 Å². The monoisotopic (exact) mass is 904 g/mol. The van der Waals surface area contributed by atoms with Crippen molar-refractivity contribution < 1.29 is 43.5 Å². The highest BCUT2D eigenvalue weighted by atomic mass is 35.5. The van der Waals surface area contributed by atoms with Crippen molar-refractivity contribution in [1.29, 1.82) is 0 Å². The van der Waals surface area contributed by atoms with Crippen LogP contribution in [0.25, 0.3) is 33.6 Å². The smallest absolute Gasteiger partial charge is 0.251 e. The first kappa shape index (κ1) is 46.5. The minimum Gasteiger partial charge on any atom is -1.00 e. The Kier molecular flexibility index (Phi) is 14.1. The van der Waals surface area contributed by atoms with Crippen LogP contribution in [0.1, 0.15) is 70.9 Å². The lowest BCUT2D eigenvalue weighted by molar-refractivity contribution is -0.600. The quantitative estimate of drug-likeness (QED) is 0.106. The zero-order valence-corrected chi connectivity index (χ0v) is 39.7. The first-order chi connectivity index (χ1) is 28.7. The summed E-state index contributed by atoms with van der Waals surface area (Å²) in [4.78, 5) is 30.8. The van der Waals surface area contributed by atoms with Crippen molar-refractivity contribution in [3.63, 3.8) is 0 Å². The molecule has 0 saturated carbocycles. The second-order valence-electron chi connectivity index (χ2n) is 17.1. The number of benzene rings is 4. The maximum atomic E-state index is 13.3. The maximum Gasteiger partial charge on any atom is 0.251 e.